The number of amides is 1. The quantitative estimate of drug-likeness (QED) is 0.840. The van der Waals surface area contributed by atoms with Gasteiger partial charge in [0.05, 0.1) is 18.2 Å². The predicted octanol–water partition coefficient (Wildman–Crippen LogP) is 2.07. The Balaban J connectivity index is 1.85. The van der Waals surface area contributed by atoms with E-state index in [-0.39, 0.29) is 17.1 Å². The fourth-order valence-corrected chi connectivity index (χ4v) is 2.97. The van der Waals surface area contributed by atoms with E-state index in [4.69, 9.17) is 16.3 Å². The van der Waals surface area contributed by atoms with E-state index in [1.54, 1.807) is 0 Å². The molecule has 2 aromatic rings. The fourth-order valence-electron chi connectivity index (χ4n) is 2.79. The number of rotatable bonds is 5. The largest absolute Gasteiger partial charge is 0.378 e. The third-order valence-electron chi connectivity index (χ3n) is 4.20. The number of aromatic nitrogens is 2. The lowest BCUT2D eigenvalue weighted by Gasteiger charge is -2.29. The molecule has 0 radical (unpaired) electrons. The van der Waals surface area contributed by atoms with Crippen LogP contribution in [-0.2, 0) is 22.5 Å². The van der Waals surface area contributed by atoms with Gasteiger partial charge in [-0.15, -0.1) is 0 Å². The second kappa shape index (κ2) is 8.49. The van der Waals surface area contributed by atoms with Gasteiger partial charge in [0.15, 0.2) is 0 Å². The van der Waals surface area contributed by atoms with E-state index < -0.39 is 11.7 Å². The maximum atomic E-state index is 13.3. The number of morpholine rings is 1. The summed E-state index contributed by atoms with van der Waals surface area (Å²) in [5.74, 6) is -0.546. The highest BCUT2D eigenvalue weighted by molar-refractivity contribution is 6.31. The Bertz CT molecular complexity index is 897. The van der Waals surface area contributed by atoms with Gasteiger partial charge in [-0.25, -0.2) is 9.37 Å². The Morgan fingerprint density at radius 3 is 2.74 bits per heavy atom. The smallest absolute Gasteiger partial charge is 0.255 e. The topological polar surface area (TPSA) is 76.5 Å². The SMILES string of the molecule is CCc1cc(=O)n(CC(=O)Nc2ccc(F)c(Cl)c2)c(N2CCOCC2)n1. The molecule has 1 amide bonds. The number of benzene rings is 1. The Morgan fingerprint density at radius 2 is 2.07 bits per heavy atom. The van der Waals surface area contributed by atoms with Crippen LogP contribution in [0.25, 0.3) is 0 Å². The summed E-state index contributed by atoms with van der Waals surface area (Å²) in [5.41, 5.74) is 0.726. The number of nitrogens with one attached hydrogen (secondary N) is 1. The van der Waals surface area contributed by atoms with E-state index in [9.17, 15) is 14.0 Å². The molecular formula is C18H20ClFN4O3. The van der Waals surface area contributed by atoms with E-state index in [1.165, 1.54) is 28.8 Å². The van der Waals surface area contributed by atoms with Crippen LogP contribution in [0.2, 0.25) is 5.02 Å². The molecule has 1 saturated heterocycles. The molecule has 1 aromatic heterocycles. The van der Waals surface area contributed by atoms with Gasteiger partial charge in [0.2, 0.25) is 11.9 Å². The molecule has 0 saturated carbocycles. The maximum Gasteiger partial charge on any atom is 0.255 e. The van der Waals surface area contributed by atoms with Crippen LogP contribution in [0.15, 0.2) is 29.1 Å². The van der Waals surface area contributed by atoms with E-state index in [1.807, 2.05) is 11.8 Å². The summed E-state index contributed by atoms with van der Waals surface area (Å²) < 4.78 is 19.9. The van der Waals surface area contributed by atoms with Crippen molar-refractivity contribution in [2.24, 2.45) is 0 Å². The molecule has 1 aliphatic heterocycles. The molecular weight excluding hydrogens is 375 g/mol. The first kappa shape index (κ1) is 19.3. The van der Waals surface area contributed by atoms with Crippen LogP contribution >= 0.6 is 11.6 Å². The zero-order valence-electron chi connectivity index (χ0n) is 14.9. The summed E-state index contributed by atoms with van der Waals surface area (Å²) in [6.07, 6.45) is 0.619. The molecule has 27 heavy (non-hydrogen) atoms. The van der Waals surface area contributed by atoms with Gasteiger partial charge in [-0.05, 0) is 24.6 Å². The van der Waals surface area contributed by atoms with E-state index in [2.05, 4.69) is 10.3 Å². The van der Waals surface area contributed by atoms with Crippen LogP contribution in [0, 0.1) is 5.82 Å². The molecule has 144 valence electrons. The van der Waals surface area contributed by atoms with Crippen molar-refractivity contribution in [1.29, 1.82) is 0 Å². The van der Waals surface area contributed by atoms with Gasteiger partial charge < -0.3 is 15.0 Å². The molecule has 9 heteroatoms. The lowest BCUT2D eigenvalue weighted by atomic mass is 10.3. The van der Waals surface area contributed by atoms with E-state index in [0.717, 1.165) is 0 Å². The second-order valence-electron chi connectivity index (χ2n) is 6.10. The summed E-state index contributed by atoms with van der Waals surface area (Å²) in [4.78, 5) is 31.5. The highest BCUT2D eigenvalue weighted by Crippen LogP contribution is 2.19. The number of ether oxygens (including phenoxy) is 1. The minimum Gasteiger partial charge on any atom is -0.378 e. The van der Waals surface area contributed by atoms with Crippen LogP contribution in [0.4, 0.5) is 16.0 Å². The van der Waals surface area contributed by atoms with Crippen LogP contribution in [0.1, 0.15) is 12.6 Å². The van der Waals surface area contributed by atoms with Crippen molar-refractivity contribution in [3.05, 3.63) is 51.2 Å². The first-order valence-corrected chi connectivity index (χ1v) is 9.04. The Morgan fingerprint density at radius 1 is 1.33 bits per heavy atom. The van der Waals surface area contributed by atoms with E-state index in [0.29, 0.717) is 50.1 Å². The molecule has 0 spiro atoms. The summed E-state index contributed by atoms with van der Waals surface area (Å²) in [6, 6.07) is 5.33. The standard InChI is InChI=1S/C18H20ClFN4O3/c1-2-12-10-17(26)24(18(22-12)23-5-7-27-8-6-23)11-16(25)21-13-3-4-15(20)14(19)9-13/h3-4,9-10H,2,5-8,11H2,1H3,(H,21,25). The molecule has 1 fully saturated rings. The van der Waals surface area contributed by atoms with Crippen molar-refractivity contribution in [3.63, 3.8) is 0 Å². The lowest BCUT2D eigenvalue weighted by molar-refractivity contribution is -0.116. The highest BCUT2D eigenvalue weighted by atomic mass is 35.5. The monoisotopic (exact) mass is 394 g/mol. The number of halogens is 2. The normalized spacial score (nSPS) is 14.3. The molecule has 0 atom stereocenters. The van der Waals surface area contributed by atoms with Crippen molar-refractivity contribution in [3.8, 4) is 0 Å². The third-order valence-corrected chi connectivity index (χ3v) is 4.49. The molecule has 2 heterocycles. The maximum absolute atomic E-state index is 13.3. The van der Waals surface area contributed by atoms with Crippen LogP contribution in [0.3, 0.4) is 0 Å². The number of carbonyl (C=O) groups excluding carboxylic acids is 1. The number of anilines is 2. The summed E-state index contributed by atoms with van der Waals surface area (Å²) in [5, 5.41) is 2.53. The number of hydrogen-bond acceptors (Lipinski definition) is 5. The van der Waals surface area contributed by atoms with Crippen LogP contribution < -0.4 is 15.8 Å². The number of hydrogen-bond donors (Lipinski definition) is 1. The minimum atomic E-state index is -0.570. The Kier molecular flexibility index (Phi) is 6.08. The lowest BCUT2D eigenvalue weighted by Crippen LogP contribution is -2.42. The van der Waals surface area contributed by atoms with E-state index >= 15 is 0 Å². The highest BCUT2D eigenvalue weighted by Gasteiger charge is 2.20. The molecule has 3 rings (SSSR count). The van der Waals surface area contributed by atoms with Crippen molar-refractivity contribution in [2.75, 3.05) is 36.5 Å². The molecule has 1 aliphatic rings. The molecule has 1 aromatic carbocycles. The average molecular weight is 395 g/mol. The number of nitrogens with zero attached hydrogens (tertiary/aromatic N) is 3. The summed E-state index contributed by atoms with van der Waals surface area (Å²) >= 11 is 5.73. The van der Waals surface area contributed by atoms with Gasteiger partial charge in [0.1, 0.15) is 12.4 Å². The van der Waals surface area contributed by atoms with Gasteiger partial charge in [-0.1, -0.05) is 18.5 Å². The van der Waals surface area contributed by atoms with Crippen molar-refractivity contribution < 1.29 is 13.9 Å². The van der Waals surface area contributed by atoms with Gasteiger partial charge in [0.25, 0.3) is 5.56 Å². The van der Waals surface area contributed by atoms with Crippen LogP contribution in [-0.4, -0.2) is 41.8 Å². The zero-order chi connectivity index (χ0) is 19.4. The average Bonchev–Trinajstić information content (AvgIpc) is 2.66. The fraction of sp³-hybridized carbons (Fsp3) is 0.389. The zero-order valence-corrected chi connectivity index (χ0v) is 15.6. The third kappa shape index (κ3) is 4.64. The second-order valence-corrected chi connectivity index (χ2v) is 6.51. The molecule has 7 nitrogen and oxygen atoms in total. The Labute approximate surface area is 160 Å². The molecule has 0 aliphatic carbocycles. The van der Waals surface area contributed by atoms with Gasteiger partial charge >= 0.3 is 0 Å². The number of carbonyl (C=O) groups is 1. The van der Waals surface area contributed by atoms with Crippen molar-refractivity contribution >= 4 is 29.1 Å². The Hall–Kier alpha value is -2.45. The van der Waals surface area contributed by atoms with Crippen molar-refractivity contribution in [1.82, 2.24) is 9.55 Å². The van der Waals surface area contributed by atoms with Gasteiger partial charge in [-0.2, -0.15) is 0 Å². The minimum absolute atomic E-state index is 0.0899. The molecule has 0 unspecified atom stereocenters. The molecule has 0 bridgehead atoms. The van der Waals surface area contributed by atoms with Gasteiger partial charge in [-0.3, -0.25) is 14.2 Å². The summed E-state index contributed by atoms with van der Waals surface area (Å²) in [7, 11) is 0. The number of aryl methyl sites for hydroxylation is 1. The molecule has 1 N–H and O–H groups in total. The first-order chi connectivity index (χ1) is 13.0. The van der Waals surface area contributed by atoms with Crippen molar-refractivity contribution in [2.45, 2.75) is 19.9 Å². The predicted molar refractivity (Wildman–Crippen MR) is 101 cm³/mol. The summed E-state index contributed by atoms with van der Waals surface area (Å²) in [6.45, 7) is 3.96. The van der Waals surface area contributed by atoms with Gasteiger partial charge in [0, 0.05) is 30.5 Å². The van der Waals surface area contributed by atoms with Crippen LogP contribution in [0.5, 0.6) is 0 Å². The first-order valence-electron chi connectivity index (χ1n) is 8.66.